The smallest absolute Gasteiger partial charge is 0.255 e. The van der Waals surface area contributed by atoms with Gasteiger partial charge in [0.15, 0.2) is 0 Å². The lowest BCUT2D eigenvalue weighted by atomic mass is 9.95. The van der Waals surface area contributed by atoms with E-state index in [1.165, 1.54) is 0 Å². The van der Waals surface area contributed by atoms with Crippen molar-refractivity contribution < 1.29 is 9.59 Å². The Morgan fingerprint density at radius 2 is 1.90 bits per heavy atom. The SMILES string of the molecule is Cc1cc(C(=O)N2CCC(C(=O)NCc3cccnc3)CC2)c(C)n1-c1ccccn1. The summed E-state index contributed by atoms with van der Waals surface area (Å²) >= 11 is 0. The second kappa shape index (κ2) is 9.12. The van der Waals surface area contributed by atoms with Gasteiger partial charge in [-0.15, -0.1) is 0 Å². The molecular weight excluding hydrogens is 390 g/mol. The molecule has 0 unspecified atom stereocenters. The molecular formula is C24H27N5O2. The maximum atomic E-state index is 13.2. The number of amides is 2. The lowest BCUT2D eigenvalue weighted by Crippen LogP contribution is -2.43. The molecule has 0 spiro atoms. The topological polar surface area (TPSA) is 80.1 Å². The van der Waals surface area contributed by atoms with Gasteiger partial charge in [-0.2, -0.15) is 0 Å². The number of nitrogens with one attached hydrogen (secondary N) is 1. The van der Waals surface area contributed by atoms with E-state index in [2.05, 4.69) is 15.3 Å². The number of nitrogens with zero attached hydrogens (tertiary/aromatic N) is 4. The van der Waals surface area contributed by atoms with Gasteiger partial charge in [0.1, 0.15) is 5.82 Å². The van der Waals surface area contributed by atoms with Crippen LogP contribution < -0.4 is 5.32 Å². The zero-order chi connectivity index (χ0) is 21.8. The van der Waals surface area contributed by atoms with Crippen LogP contribution in [-0.2, 0) is 11.3 Å². The average Bonchev–Trinajstić information content (AvgIpc) is 3.12. The van der Waals surface area contributed by atoms with Gasteiger partial charge in [-0.25, -0.2) is 4.98 Å². The molecule has 0 radical (unpaired) electrons. The van der Waals surface area contributed by atoms with Crippen LogP contribution in [0.2, 0.25) is 0 Å². The molecule has 0 atom stereocenters. The maximum absolute atomic E-state index is 13.2. The molecule has 0 bridgehead atoms. The fraction of sp³-hybridized carbons (Fsp3) is 0.333. The van der Waals surface area contributed by atoms with E-state index in [0.29, 0.717) is 38.0 Å². The van der Waals surface area contributed by atoms with E-state index in [9.17, 15) is 9.59 Å². The van der Waals surface area contributed by atoms with E-state index in [1.54, 1.807) is 18.6 Å². The Balaban J connectivity index is 1.37. The summed E-state index contributed by atoms with van der Waals surface area (Å²) in [5.74, 6) is 0.802. The van der Waals surface area contributed by atoms with Crippen LogP contribution in [0.1, 0.15) is 40.2 Å². The summed E-state index contributed by atoms with van der Waals surface area (Å²) in [5.41, 5.74) is 3.54. The number of piperidine rings is 1. The maximum Gasteiger partial charge on any atom is 0.255 e. The normalized spacial score (nSPS) is 14.5. The molecule has 7 heteroatoms. The molecule has 0 saturated carbocycles. The lowest BCUT2D eigenvalue weighted by molar-refractivity contribution is -0.126. The first-order chi connectivity index (χ1) is 15.0. The molecule has 4 rings (SSSR count). The summed E-state index contributed by atoms with van der Waals surface area (Å²) in [4.78, 5) is 36.1. The van der Waals surface area contributed by atoms with Gasteiger partial charge in [0.05, 0.1) is 5.56 Å². The van der Waals surface area contributed by atoms with Crippen molar-refractivity contribution in [1.29, 1.82) is 0 Å². The molecule has 1 saturated heterocycles. The fourth-order valence-electron chi connectivity index (χ4n) is 4.17. The third-order valence-electron chi connectivity index (χ3n) is 5.88. The molecule has 7 nitrogen and oxygen atoms in total. The van der Waals surface area contributed by atoms with Crippen LogP contribution in [0.25, 0.3) is 5.82 Å². The average molecular weight is 418 g/mol. The Kier molecular flexibility index (Phi) is 6.11. The Bertz CT molecular complexity index is 1050. The van der Waals surface area contributed by atoms with Crippen molar-refractivity contribution in [1.82, 2.24) is 24.8 Å². The van der Waals surface area contributed by atoms with E-state index in [0.717, 1.165) is 22.8 Å². The highest BCUT2D eigenvalue weighted by Crippen LogP contribution is 2.24. The summed E-state index contributed by atoms with van der Waals surface area (Å²) in [7, 11) is 0. The Labute approximate surface area is 182 Å². The van der Waals surface area contributed by atoms with E-state index >= 15 is 0 Å². The first-order valence-electron chi connectivity index (χ1n) is 10.6. The number of aryl methyl sites for hydroxylation is 1. The van der Waals surface area contributed by atoms with Gasteiger partial charge in [-0.3, -0.25) is 14.6 Å². The minimum atomic E-state index is -0.0679. The number of rotatable bonds is 5. The molecule has 1 aliphatic rings. The summed E-state index contributed by atoms with van der Waals surface area (Å²) in [5, 5.41) is 2.99. The second-order valence-corrected chi connectivity index (χ2v) is 7.95. The lowest BCUT2D eigenvalue weighted by Gasteiger charge is -2.31. The van der Waals surface area contributed by atoms with E-state index in [4.69, 9.17) is 0 Å². The number of aromatic nitrogens is 3. The summed E-state index contributed by atoms with van der Waals surface area (Å²) in [6.07, 6.45) is 6.56. The van der Waals surface area contributed by atoms with E-state index in [-0.39, 0.29) is 17.7 Å². The molecule has 31 heavy (non-hydrogen) atoms. The Morgan fingerprint density at radius 1 is 1.10 bits per heavy atom. The number of hydrogen-bond acceptors (Lipinski definition) is 4. The Morgan fingerprint density at radius 3 is 2.58 bits per heavy atom. The first-order valence-corrected chi connectivity index (χ1v) is 10.6. The fourth-order valence-corrected chi connectivity index (χ4v) is 4.17. The summed E-state index contributed by atoms with van der Waals surface area (Å²) in [6, 6.07) is 11.5. The third kappa shape index (κ3) is 4.50. The largest absolute Gasteiger partial charge is 0.352 e. The molecule has 2 amide bonds. The number of carbonyl (C=O) groups is 2. The molecule has 0 aliphatic carbocycles. The van der Waals surface area contributed by atoms with Crippen LogP contribution in [0.15, 0.2) is 55.0 Å². The van der Waals surface area contributed by atoms with Crippen LogP contribution in [-0.4, -0.2) is 44.3 Å². The highest BCUT2D eigenvalue weighted by molar-refractivity contribution is 5.96. The predicted molar refractivity (Wildman–Crippen MR) is 118 cm³/mol. The molecule has 0 aromatic carbocycles. The van der Waals surface area contributed by atoms with Gasteiger partial charge in [0.25, 0.3) is 5.91 Å². The third-order valence-corrected chi connectivity index (χ3v) is 5.88. The van der Waals surface area contributed by atoms with Gasteiger partial charge in [0, 0.05) is 55.5 Å². The van der Waals surface area contributed by atoms with Crippen molar-refractivity contribution in [2.24, 2.45) is 5.92 Å². The quantitative estimate of drug-likeness (QED) is 0.692. The molecule has 160 valence electrons. The molecule has 3 aromatic rings. The van der Waals surface area contributed by atoms with E-state index in [1.807, 2.05) is 59.7 Å². The number of carbonyl (C=O) groups excluding carboxylic acids is 2. The van der Waals surface area contributed by atoms with Gasteiger partial charge < -0.3 is 14.8 Å². The Hall–Kier alpha value is -3.48. The van der Waals surface area contributed by atoms with Crippen LogP contribution >= 0.6 is 0 Å². The number of likely N-dealkylation sites (tertiary alicyclic amines) is 1. The van der Waals surface area contributed by atoms with Crippen LogP contribution in [0.4, 0.5) is 0 Å². The first kappa shape index (κ1) is 20.8. The van der Waals surface area contributed by atoms with Gasteiger partial charge >= 0.3 is 0 Å². The molecule has 1 fully saturated rings. The van der Waals surface area contributed by atoms with Crippen molar-refractivity contribution in [3.05, 3.63) is 77.5 Å². The van der Waals surface area contributed by atoms with Crippen LogP contribution in [0, 0.1) is 19.8 Å². The zero-order valence-electron chi connectivity index (χ0n) is 17.9. The van der Waals surface area contributed by atoms with Crippen molar-refractivity contribution in [3.63, 3.8) is 0 Å². The monoisotopic (exact) mass is 417 g/mol. The van der Waals surface area contributed by atoms with Crippen molar-refractivity contribution in [2.45, 2.75) is 33.2 Å². The highest BCUT2D eigenvalue weighted by Gasteiger charge is 2.29. The highest BCUT2D eigenvalue weighted by atomic mass is 16.2. The molecule has 3 aromatic heterocycles. The van der Waals surface area contributed by atoms with Crippen molar-refractivity contribution in [3.8, 4) is 5.82 Å². The molecule has 1 N–H and O–H groups in total. The molecule has 4 heterocycles. The van der Waals surface area contributed by atoms with Gasteiger partial charge in [0.2, 0.25) is 5.91 Å². The zero-order valence-corrected chi connectivity index (χ0v) is 17.9. The summed E-state index contributed by atoms with van der Waals surface area (Å²) in [6.45, 7) is 5.57. The van der Waals surface area contributed by atoms with Crippen molar-refractivity contribution >= 4 is 11.8 Å². The number of hydrogen-bond donors (Lipinski definition) is 1. The van der Waals surface area contributed by atoms with Crippen molar-refractivity contribution in [2.75, 3.05) is 13.1 Å². The van der Waals surface area contributed by atoms with E-state index < -0.39 is 0 Å². The van der Waals surface area contributed by atoms with Gasteiger partial charge in [-0.1, -0.05) is 12.1 Å². The standard InChI is InChI=1S/C24H27N5O2/c1-17-14-21(18(2)29(17)22-7-3-4-11-26-22)24(31)28-12-8-20(9-13-28)23(30)27-16-19-6-5-10-25-15-19/h3-7,10-11,14-15,20H,8-9,12-13,16H2,1-2H3,(H,27,30). The summed E-state index contributed by atoms with van der Waals surface area (Å²) < 4.78 is 2.01. The predicted octanol–water partition coefficient (Wildman–Crippen LogP) is 3.05. The second-order valence-electron chi connectivity index (χ2n) is 7.95. The minimum Gasteiger partial charge on any atom is -0.352 e. The molecule has 1 aliphatic heterocycles. The van der Waals surface area contributed by atoms with Crippen LogP contribution in [0.3, 0.4) is 0 Å². The van der Waals surface area contributed by atoms with Gasteiger partial charge in [-0.05, 0) is 56.5 Å². The van der Waals surface area contributed by atoms with Crippen LogP contribution in [0.5, 0.6) is 0 Å². The minimum absolute atomic E-state index is 0.0181. The number of pyridine rings is 2.